The number of hydrogen-bond acceptors (Lipinski definition) is 4. The van der Waals surface area contributed by atoms with E-state index in [0.717, 1.165) is 43.7 Å². The maximum Gasteiger partial charge on any atom is 0.234 e. The van der Waals surface area contributed by atoms with Crippen LogP contribution in [0.1, 0.15) is 37.8 Å². The second-order valence-electron chi connectivity index (χ2n) is 5.57. The minimum atomic E-state index is 0. The van der Waals surface area contributed by atoms with Gasteiger partial charge < -0.3 is 20.1 Å². The molecule has 1 aliphatic heterocycles. The molecular formula is C17H27ClN2O3. The molecule has 0 saturated carbocycles. The van der Waals surface area contributed by atoms with Crippen molar-refractivity contribution < 1.29 is 14.3 Å². The molecule has 0 aliphatic carbocycles. The van der Waals surface area contributed by atoms with Crippen molar-refractivity contribution in [2.75, 3.05) is 26.8 Å². The second kappa shape index (κ2) is 10.5. The van der Waals surface area contributed by atoms with E-state index in [1.165, 1.54) is 0 Å². The standard InChI is InChI=1S/C17H26N2O3.ClH/c1-3-16(13-6-8-14(21-2)9-7-13)19-17(20)12-18-11-15-5-4-10-22-15;/h6-9,15-16,18H,3-5,10-12H2,1-2H3,(H,19,20);1H. The Labute approximate surface area is 144 Å². The van der Waals surface area contributed by atoms with Crippen LogP contribution in [0, 0.1) is 0 Å². The van der Waals surface area contributed by atoms with Crippen molar-refractivity contribution >= 4 is 18.3 Å². The summed E-state index contributed by atoms with van der Waals surface area (Å²) in [6, 6.07) is 7.85. The molecule has 0 spiro atoms. The fourth-order valence-electron chi connectivity index (χ4n) is 2.65. The lowest BCUT2D eigenvalue weighted by Crippen LogP contribution is -2.38. The average molecular weight is 343 g/mol. The van der Waals surface area contributed by atoms with E-state index in [2.05, 4.69) is 17.6 Å². The van der Waals surface area contributed by atoms with Gasteiger partial charge in [-0.2, -0.15) is 0 Å². The SMILES string of the molecule is CCC(NC(=O)CNCC1CCCO1)c1ccc(OC)cc1.Cl. The lowest BCUT2D eigenvalue weighted by Gasteiger charge is -2.18. The quantitative estimate of drug-likeness (QED) is 0.762. The average Bonchev–Trinajstić information content (AvgIpc) is 3.06. The molecule has 0 bridgehead atoms. The van der Waals surface area contributed by atoms with Crippen LogP contribution < -0.4 is 15.4 Å². The van der Waals surface area contributed by atoms with E-state index in [1.807, 2.05) is 24.3 Å². The second-order valence-corrected chi connectivity index (χ2v) is 5.57. The molecule has 2 atom stereocenters. The maximum atomic E-state index is 12.0. The van der Waals surface area contributed by atoms with Gasteiger partial charge in [0.25, 0.3) is 0 Å². The summed E-state index contributed by atoms with van der Waals surface area (Å²) < 4.78 is 10.7. The number of ether oxygens (including phenoxy) is 2. The Morgan fingerprint density at radius 1 is 1.39 bits per heavy atom. The van der Waals surface area contributed by atoms with Gasteiger partial charge in [0, 0.05) is 13.2 Å². The molecular weight excluding hydrogens is 316 g/mol. The number of hydrogen-bond donors (Lipinski definition) is 2. The summed E-state index contributed by atoms with van der Waals surface area (Å²) in [7, 11) is 1.65. The van der Waals surface area contributed by atoms with E-state index in [-0.39, 0.29) is 30.5 Å². The monoisotopic (exact) mass is 342 g/mol. The summed E-state index contributed by atoms with van der Waals surface area (Å²) in [6.45, 7) is 3.97. The van der Waals surface area contributed by atoms with E-state index in [4.69, 9.17) is 9.47 Å². The molecule has 1 aromatic rings. The number of methoxy groups -OCH3 is 1. The van der Waals surface area contributed by atoms with Gasteiger partial charge in [-0.25, -0.2) is 0 Å². The van der Waals surface area contributed by atoms with Crippen molar-refractivity contribution in [3.05, 3.63) is 29.8 Å². The number of carbonyl (C=O) groups is 1. The Morgan fingerprint density at radius 2 is 2.13 bits per heavy atom. The number of carbonyl (C=O) groups excluding carboxylic acids is 1. The van der Waals surface area contributed by atoms with E-state index in [0.29, 0.717) is 6.54 Å². The Hall–Kier alpha value is -1.30. The van der Waals surface area contributed by atoms with Crippen molar-refractivity contribution in [1.29, 1.82) is 0 Å². The van der Waals surface area contributed by atoms with Crippen molar-refractivity contribution in [3.8, 4) is 5.75 Å². The van der Waals surface area contributed by atoms with Gasteiger partial charge in [0.15, 0.2) is 0 Å². The highest BCUT2D eigenvalue weighted by molar-refractivity contribution is 5.85. The Balaban J connectivity index is 0.00000264. The van der Waals surface area contributed by atoms with Gasteiger partial charge in [-0.15, -0.1) is 12.4 Å². The highest BCUT2D eigenvalue weighted by Crippen LogP contribution is 2.19. The number of benzene rings is 1. The molecule has 1 aliphatic rings. The van der Waals surface area contributed by atoms with Gasteiger partial charge in [0.1, 0.15) is 5.75 Å². The normalized spacial score (nSPS) is 18.1. The van der Waals surface area contributed by atoms with Crippen LogP contribution in [0.15, 0.2) is 24.3 Å². The molecule has 6 heteroatoms. The summed E-state index contributed by atoms with van der Waals surface area (Å²) in [6.07, 6.45) is 3.31. The van der Waals surface area contributed by atoms with Crippen molar-refractivity contribution in [2.45, 2.75) is 38.3 Å². The zero-order chi connectivity index (χ0) is 15.8. The first-order valence-electron chi connectivity index (χ1n) is 7.98. The molecule has 1 aromatic carbocycles. The predicted molar refractivity (Wildman–Crippen MR) is 93.3 cm³/mol. The largest absolute Gasteiger partial charge is 0.497 e. The third-order valence-corrected chi connectivity index (χ3v) is 3.94. The number of rotatable bonds is 8. The van der Waals surface area contributed by atoms with Crippen LogP contribution in [0.2, 0.25) is 0 Å². The minimum Gasteiger partial charge on any atom is -0.497 e. The Bertz CT molecular complexity index is 461. The molecule has 0 aromatic heterocycles. The molecule has 0 radical (unpaired) electrons. The smallest absolute Gasteiger partial charge is 0.234 e. The molecule has 5 nitrogen and oxygen atoms in total. The fourth-order valence-corrected chi connectivity index (χ4v) is 2.65. The Morgan fingerprint density at radius 3 is 2.70 bits per heavy atom. The molecule has 2 unspecified atom stereocenters. The zero-order valence-corrected chi connectivity index (χ0v) is 14.7. The van der Waals surface area contributed by atoms with Crippen LogP contribution in [-0.4, -0.2) is 38.8 Å². The third-order valence-electron chi connectivity index (χ3n) is 3.94. The lowest BCUT2D eigenvalue weighted by molar-refractivity contribution is -0.121. The highest BCUT2D eigenvalue weighted by atomic mass is 35.5. The first-order chi connectivity index (χ1) is 10.7. The van der Waals surface area contributed by atoms with Crippen molar-refractivity contribution in [2.24, 2.45) is 0 Å². The predicted octanol–water partition coefficient (Wildman–Crippen LogP) is 2.45. The molecule has 1 heterocycles. The van der Waals surface area contributed by atoms with E-state index in [1.54, 1.807) is 7.11 Å². The first-order valence-corrected chi connectivity index (χ1v) is 7.98. The van der Waals surface area contributed by atoms with Crippen LogP contribution >= 0.6 is 12.4 Å². The van der Waals surface area contributed by atoms with Gasteiger partial charge >= 0.3 is 0 Å². The molecule has 130 valence electrons. The molecule has 1 saturated heterocycles. The van der Waals surface area contributed by atoms with E-state index < -0.39 is 0 Å². The van der Waals surface area contributed by atoms with Crippen LogP contribution in [0.4, 0.5) is 0 Å². The summed E-state index contributed by atoms with van der Waals surface area (Å²) in [5.41, 5.74) is 1.09. The molecule has 1 fully saturated rings. The van der Waals surface area contributed by atoms with Gasteiger partial charge in [-0.3, -0.25) is 4.79 Å². The summed E-state index contributed by atoms with van der Waals surface area (Å²) in [5.74, 6) is 0.837. The van der Waals surface area contributed by atoms with E-state index in [9.17, 15) is 4.79 Å². The van der Waals surface area contributed by atoms with E-state index >= 15 is 0 Å². The molecule has 2 N–H and O–H groups in total. The number of halogens is 1. The topological polar surface area (TPSA) is 59.6 Å². The molecule has 2 rings (SSSR count). The number of amides is 1. The highest BCUT2D eigenvalue weighted by Gasteiger charge is 2.16. The third kappa shape index (κ3) is 6.37. The van der Waals surface area contributed by atoms with Crippen LogP contribution in [0.3, 0.4) is 0 Å². The molecule has 23 heavy (non-hydrogen) atoms. The number of nitrogens with one attached hydrogen (secondary N) is 2. The molecule has 1 amide bonds. The summed E-state index contributed by atoms with van der Waals surface area (Å²) in [5, 5.41) is 6.23. The zero-order valence-electron chi connectivity index (χ0n) is 13.8. The van der Waals surface area contributed by atoms with Crippen LogP contribution in [-0.2, 0) is 9.53 Å². The maximum absolute atomic E-state index is 12.0. The Kier molecular flexibility index (Phi) is 8.99. The first kappa shape index (κ1) is 19.7. The van der Waals surface area contributed by atoms with Gasteiger partial charge in [-0.05, 0) is 37.0 Å². The van der Waals surface area contributed by atoms with Crippen molar-refractivity contribution in [1.82, 2.24) is 10.6 Å². The van der Waals surface area contributed by atoms with Crippen LogP contribution in [0.25, 0.3) is 0 Å². The lowest BCUT2D eigenvalue weighted by atomic mass is 10.0. The van der Waals surface area contributed by atoms with Gasteiger partial charge in [0.2, 0.25) is 5.91 Å². The summed E-state index contributed by atoms with van der Waals surface area (Å²) in [4.78, 5) is 12.0. The minimum absolute atomic E-state index is 0. The van der Waals surface area contributed by atoms with Gasteiger partial charge in [-0.1, -0.05) is 19.1 Å². The van der Waals surface area contributed by atoms with Crippen LogP contribution in [0.5, 0.6) is 5.75 Å². The summed E-state index contributed by atoms with van der Waals surface area (Å²) >= 11 is 0. The van der Waals surface area contributed by atoms with Crippen molar-refractivity contribution in [3.63, 3.8) is 0 Å². The van der Waals surface area contributed by atoms with Gasteiger partial charge in [0.05, 0.1) is 25.8 Å². The fraction of sp³-hybridized carbons (Fsp3) is 0.588.